The summed E-state index contributed by atoms with van der Waals surface area (Å²) in [5, 5.41) is 7.90. The third-order valence-corrected chi connectivity index (χ3v) is 6.30. The van der Waals surface area contributed by atoms with E-state index < -0.39 is 0 Å². The van der Waals surface area contributed by atoms with E-state index >= 15 is 0 Å². The number of hydrogen-bond acceptors (Lipinski definition) is 9. The summed E-state index contributed by atoms with van der Waals surface area (Å²) in [5.41, 5.74) is 9.37. The number of nitrogens with one attached hydrogen (secondary N) is 1. The van der Waals surface area contributed by atoms with E-state index in [1.54, 1.807) is 20.2 Å². The predicted octanol–water partition coefficient (Wildman–Crippen LogP) is 2.84. The summed E-state index contributed by atoms with van der Waals surface area (Å²) in [6.07, 6.45) is 7.78. The number of carbonyl (C=O) groups excluding carboxylic acids is 1. The van der Waals surface area contributed by atoms with Crippen molar-refractivity contribution < 1.29 is 9.53 Å². The fraction of sp³-hybridized carbons (Fsp3) is 0.542. The summed E-state index contributed by atoms with van der Waals surface area (Å²) in [6.45, 7) is 7.40. The van der Waals surface area contributed by atoms with Crippen molar-refractivity contribution >= 4 is 28.6 Å². The van der Waals surface area contributed by atoms with Crippen LogP contribution in [0.2, 0.25) is 0 Å². The van der Waals surface area contributed by atoms with Gasteiger partial charge in [-0.2, -0.15) is 10.1 Å². The predicted molar refractivity (Wildman–Crippen MR) is 132 cm³/mol. The quantitative estimate of drug-likeness (QED) is 0.434. The molecule has 10 heteroatoms. The lowest BCUT2D eigenvalue weighted by atomic mass is 9.90. The van der Waals surface area contributed by atoms with Crippen molar-refractivity contribution in [1.82, 2.24) is 29.6 Å². The van der Waals surface area contributed by atoms with Gasteiger partial charge in [0.15, 0.2) is 5.82 Å². The molecule has 0 spiro atoms. The lowest BCUT2D eigenvalue weighted by molar-refractivity contribution is -0.118. The van der Waals surface area contributed by atoms with Gasteiger partial charge in [0.05, 0.1) is 26.4 Å². The van der Waals surface area contributed by atoms with E-state index in [9.17, 15) is 4.79 Å². The number of anilines is 2. The molecule has 4 heterocycles. The Balaban J connectivity index is 1.54. The molecule has 3 aromatic rings. The molecule has 0 unspecified atom stereocenters. The molecule has 3 aromatic heterocycles. The van der Waals surface area contributed by atoms with Gasteiger partial charge >= 0.3 is 0 Å². The van der Waals surface area contributed by atoms with Gasteiger partial charge in [-0.1, -0.05) is 13.3 Å². The van der Waals surface area contributed by atoms with E-state index in [-0.39, 0.29) is 11.7 Å². The summed E-state index contributed by atoms with van der Waals surface area (Å²) in [4.78, 5) is 27.1. The topological polar surface area (TPSA) is 124 Å². The highest BCUT2D eigenvalue weighted by molar-refractivity contribution is 5.86. The van der Waals surface area contributed by atoms with Gasteiger partial charge in [0.2, 0.25) is 5.95 Å². The molecule has 1 aliphatic rings. The Morgan fingerprint density at radius 3 is 2.76 bits per heavy atom. The van der Waals surface area contributed by atoms with Crippen LogP contribution >= 0.6 is 0 Å². The third-order valence-electron chi connectivity index (χ3n) is 6.30. The van der Waals surface area contributed by atoms with E-state index in [0.717, 1.165) is 62.3 Å². The number of aromatic nitrogens is 5. The second-order valence-electron chi connectivity index (χ2n) is 8.92. The van der Waals surface area contributed by atoms with E-state index in [0.29, 0.717) is 30.3 Å². The molecule has 1 saturated heterocycles. The van der Waals surface area contributed by atoms with Crippen molar-refractivity contribution in [1.29, 1.82) is 0 Å². The van der Waals surface area contributed by atoms with Gasteiger partial charge in [-0.05, 0) is 56.8 Å². The Labute approximate surface area is 199 Å². The third kappa shape index (κ3) is 5.44. The summed E-state index contributed by atoms with van der Waals surface area (Å²) in [7, 11) is 1.67. The normalized spacial score (nSPS) is 15.0. The summed E-state index contributed by atoms with van der Waals surface area (Å²) < 4.78 is 7.56. The van der Waals surface area contributed by atoms with Crippen LogP contribution in [0.5, 0.6) is 5.75 Å². The monoisotopic (exact) mass is 466 g/mol. The second-order valence-corrected chi connectivity index (χ2v) is 8.92. The van der Waals surface area contributed by atoms with E-state index in [4.69, 9.17) is 15.5 Å². The van der Waals surface area contributed by atoms with E-state index in [1.807, 2.05) is 10.9 Å². The molecule has 0 atom stereocenters. The maximum Gasteiger partial charge on any atom is 0.222 e. The number of nitrogens with zero attached hydrogens (tertiary/aromatic N) is 6. The average molecular weight is 467 g/mol. The highest BCUT2D eigenvalue weighted by Gasteiger charge is 2.23. The van der Waals surface area contributed by atoms with Gasteiger partial charge in [-0.15, -0.1) is 0 Å². The van der Waals surface area contributed by atoms with Crippen molar-refractivity contribution in [2.45, 2.75) is 52.0 Å². The Morgan fingerprint density at radius 1 is 1.26 bits per heavy atom. The molecule has 182 valence electrons. The SMILES string of the molecule is CCCCNc1nc(N)nc2cnn(Cc3ncc(C4CCN(CC(C)=O)CC4)cc3OC)c12. The fourth-order valence-corrected chi connectivity index (χ4v) is 4.53. The van der Waals surface area contributed by atoms with Crippen molar-refractivity contribution in [2.24, 2.45) is 0 Å². The number of ketones is 1. The Kier molecular flexibility index (Phi) is 7.56. The van der Waals surface area contributed by atoms with E-state index in [1.165, 1.54) is 5.56 Å². The molecule has 1 fully saturated rings. The van der Waals surface area contributed by atoms with Crippen molar-refractivity contribution in [2.75, 3.05) is 44.3 Å². The molecule has 0 saturated carbocycles. The molecule has 4 rings (SSSR count). The maximum atomic E-state index is 11.4. The van der Waals surface area contributed by atoms with Crippen molar-refractivity contribution in [3.63, 3.8) is 0 Å². The Bertz CT molecular complexity index is 1140. The minimum atomic E-state index is 0.217. The molecule has 34 heavy (non-hydrogen) atoms. The maximum absolute atomic E-state index is 11.4. The van der Waals surface area contributed by atoms with Crippen LogP contribution in [0.25, 0.3) is 11.0 Å². The van der Waals surface area contributed by atoms with Crippen LogP contribution < -0.4 is 15.8 Å². The molecular formula is C24H34N8O2. The molecule has 0 aromatic carbocycles. The van der Waals surface area contributed by atoms with Crippen LogP contribution in [0, 0.1) is 0 Å². The van der Waals surface area contributed by atoms with Gasteiger partial charge in [-0.3, -0.25) is 19.4 Å². The van der Waals surface area contributed by atoms with Gasteiger partial charge in [-0.25, -0.2) is 4.98 Å². The van der Waals surface area contributed by atoms with Gasteiger partial charge < -0.3 is 15.8 Å². The largest absolute Gasteiger partial charge is 0.495 e. The summed E-state index contributed by atoms with van der Waals surface area (Å²) >= 11 is 0. The number of pyridine rings is 1. The Morgan fingerprint density at radius 2 is 2.06 bits per heavy atom. The minimum absolute atomic E-state index is 0.217. The first-order valence-electron chi connectivity index (χ1n) is 12.0. The van der Waals surface area contributed by atoms with Crippen LogP contribution in [0.1, 0.15) is 56.7 Å². The molecule has 0 bridgehead atoms. The first-order valence-corrected chi connectivity index (χ1v) is 12.0. The number of Topliss-reactive ketones (excluding diaryl/α,β-unsaturated/α-hetero) is 1. The van der Waals surface area contributed by atoms with Crippen LogP contribution in [-0.2, 0) is 11.3 Å². The van der Waals surface area contributed by atoms with E-state index in [2.05, 4.69) is 38.3 Å². The van der Waals surface area contributed by atoms with Crippen LogP contribution in [0.15, 0.2) is 18.5 Å². The zero-order chi connectivity index (χ0) is 24.1. The van der Waals surface area contributed by atoms with Crippen LogP contribution in [0.4, 0.5) is 11.8 Å². The number of hydrogen-bond donors (Lipinski definition) is 2. The number of nitrogen functional groups attached to an aromatic ring is 1. The molecule has 1 aliphatic heterocycles. The standard InChI is InChI=1S/C24H34N8O2/c1-4-5-8-26-23-22-19(29-24(25)30-23)13-28-32(22)15-20-21(34-3)11-18(12-27-20)17-6-9-31(10-7-17)14-16(2)33/h11-13,17H,4-10,14-15H2,1-3H3,(H3,25,26,29,30). The van der Waals surface area contributed by atoms with Gasteiger partial charge in [0.25, 0.3) is 0 Å². The second kappa shape index (κ2) is 10.8. The van der Waals surface area contributed by atoms with Crippen LogP contribution in [-0.4, -0.2) is 68.7 Å². The number of nitrogens with two attached hydrogens (primary N) is 1. The number of likely N-dealkylation sites (tertiary alicyclic amines) is 1. The first kappa shape index (κ1) is 23.9. The minimum Gasteiger partial charge on any atom is -0.495 e. The molecule has 3 N–H and O–H groups in total. The molecule has 0 aliphatic carbocycles. The molecule has 10 nitrogen and oxygen atoms in total. The zero-order valence-electron chi connectivity index (χ0n) is 20.3. The fourth-order valence-electron chi connectivity index (χ4n) is 4.53. The highest BCUT2D eigenvalue weighted by Crippen LogP contribution is 2.31. The lowest BCUT2D eigenvalue weighted by Crippen LogP contribution is -2.36. The first-order chi connectivity index (χ1) is 16.5. The Hall–Kier alpha value is -3.27. The zero-order valence-corrected chi connectivity index (χ0v) is 20.3. The molecule has 0 radical (unpaired) electrons. The van der Waals surface area contributed by atoms with Crippen molar-refractivity contribution in [3.05, 3.63) is 29.7 Å². The van der Waals surface area contributed by atoms with Gasteiger partial charge in [0, 0.05) is 12.7 Å². The summed E-state index contributed by atoms with van der Waals surface area (Å²) in [6, 6.07) is 2.09. The van der Waals surface area contributed by atoms with Gasteiger partial charge in [0.1, 0.15) is 28.3 Å². The average Bonchev–Trinajstić information content (AvgIpc) is 3.22. The van der Waals surface area contributed by atoms with Crippen LogP contribution in [0.3, 0.4) is 0 Å². The smallest absolute Gasteiger partial charge is 0.222 e. The number of carbonyl (C=O) groups is 1. The van der Waals surface area contributed by atoms with Crippen molar-refractivity contribution in [3.8, 4) is 5.75 Å². The highest BCUT2D eigenvalue weighted by atomic mass is 16.5. The lowest BCUT2D eigenvalue weighted by Gasteiger charge is -2.31. The number of piperidine rings is 1. The molecule has 0 amide bonds. The number of fused-ring (bicyclic) bond motifs is 1. The summed E-state index contributed by atoms with van der Waals surface area (Å²) in [5.74, 6) is 2.27. The number of unbranched alkanes of at least 4 members (excludes halogenated alkanes) is 1. The number of ether oxygens (including phenoxy) is 1. The molecular weight excluding hydrogens is 432 g/mol. The number of rotatable bonds is 10. The number of methoxy groups -OCH3 is 1.